The third kappa shape index (κ3) is 4.86. The maximum absolute atomic E-state index is 5.41. The molecule has 0 amide bonds. The molecule has 3 heterocycles. The zero-order chi connectivity index (χ0) is 16.1. The van der Waals surface area contributed by atoms with Gasteiger partial charge in [0, 0.05) is 63.5 Å². The Kier molecular flexibility index (Phi) is 5.80. The molecule has 3 rings (SSSR count). The van der Waals surface area contributed by atoms with E-state index in [1.807, 2.05) is 6.92 Å². The van der Waals surface area contributed by atoms with E-state index in [4.69, 9.17) is 4.74 Å². The lowest BCUT2D eigenvalue weighted by Gasteiger charge is -2.28. The second-order valence-corrected chi connectivity index (χ2v) is 6.55. The van der Waals surface area contributed by atoms with Crippen molar-refractivity contribution in [2.24, 2.45) is 0 Å². The molecule has 1 atom stereocenters. The number of aryl methyl sites for hydroxylation is 2. The molecule has 0 aromatic carbocycles. The second-order valence-electron chi connectivity index (χ2n) is 6.55. The van der Waals surface area contributed by atoms with Gasteiger partial charge in [-0.3, -0.25) is 9.80 Å². The Bertz CT molecular complexity index is 504. The standard InChI is InChI=1S/C17H29N5O/c1-3-16-18-14(2)12-17(20-16)19-15-4-5-22(13-15)7-6-21-8-10-23-11-9-21/h12,15H,3-11,13H2,1-2H3,(H,18,19,20). The van der Waals surface area contributed by atoms with Gasteiger partial charge < -0.3 is 10.1 Å². The highest BCUT2D eigenvalue weighted by Crippen LogP contribution is 2.15. The monoisotopic (exact) mass is 319 g/mol. The minimum Gasteiger partial charge on any atom is -0.379 e. The molecule has 6 heteroatoms. The van der Waals surface area contributed by atoms with Gasteiger partial charge in [-0.25, -0.2) is 9.97 Å². The van der Waals surface area contributed by atoms with Crippen LogP contribution in [0.2, 0.25) is 0 Å². The number of nitrogens with zero attached hydrogens (tertiary/aromatic N) is 4. The number of likely N-dealkylation sites (tertiary alicyclic amines) is 1. The van der Waals surface area contributed by atoms with E-state index in [2.05, 4.69) is 38.1 Å². The molecule has 2 aliphatic heterocycles. The first-order chi connectivity index (χ1) is 11.2. The number of rotatable bonds is 6. The van der Waals surface area contributed by atoms with Crippen LogP contribution >= 0.6 is 0 Å². The third-order valence-corrected chi connectivity index (χ3v) is 4.68. The highest BCUT2D eigenvalue weighted by Gasteiger charge is 2.23. The Balaban J connectivity index is 1.45. The third-order valence-electron chi connectivity index (χ3n) is 4.68. The van der Waals surface area contributed by atoms with Crippen molar-refractivity contribution < 1.29 is 4.74 Å². The molecule has 0 bridgehead atoms. The van der Waals surface area contributed by atoms with Gasteiger partial charge in [0.05, 0.1) is 13.2 Å². The molecule has 128 valence electrons. The number of anilines is 1. The van der Waals surface area contributed by atoms with Crippen molar-refractivity contribution in [3.63, 3.8) is 0 Å². The lowest BCUT2D eigenvalue weighted by Crippen LogP contribution is -2.41. The van der Waals surface area contributed by atoms with Crippen LogP contribution in [0, 0.1) is 6.92 Å². The summed E-state index contributed by atoms with van der Waals surface area (Å²) in [5, 5.41) is 3.60. The summed E-state index contributed by atoms with van der Waals surface area (Å²) in [6.45, 7) is 12.7. The molecule has 1 aromatic heterocycles. The fourth-order valence-electron chi connectivity index (χ4n) is 3.33. The first kappa shape index (κ1) is 16.6. The van der Waals surface area contributed by atoms with Crippen LogP contribution in [-0.4, -0.2) is 78.3 Å². The van der Waals surface area contributed by atoms with Gasteiger partial charge in [0.2, 0.25) is 0 Å². The Morgan fingerprint density at radius 2 is 1.96 bits per heavy atom. The first-order valence-corrected chi connectivity index (χ1v) is 8.86. The van der Waals surface area contributed by atoms with Crippen LogP contribution in [0.3, 0.4) is 0 Å². The van der Waals surface area contributed by atoms with Crippen molar-refractivity contribution in [1.29, 1.82) is 0 Å². The lowest BCUT2D eigenvalue weighted by molar-refractivity contribution is 0.0344. The van der Waals surface area contributed by atoms with E-state index < -0.39 is 0 Å². The van der Waals surface area contributed by atoms with Crippen molar-refractivity contribution in [3.05, 3.63) is 17.6 Å². The molecule has 1 unspecified atom stereocenters. The molecule has 23 heavy (non-hydrogen) atoms. The smallest absolute Gasteiger partial charge is 0.130 e. The summed E-state index contributed by atoms with van der Waals surface area (Å²) in [6, 6.07) is 2.55. The van der Waals surface area contributed by atoms with Gasteiger partial charge in [0.15, 0.2) is 0 Å². The number of hydrogen-bond acceptors (Lipinski definition) is 6. The predicted octanol–water partition coefficient (Wildman–Crippen LogP) is 1.17. The van der Waals surface area contributed by atoms with Gasteiger partial charge >= 0.3 is 0 Å². The Morgan fingerprint density at radius 1 is 1.17 bits per heavy atom. The van der Waals surface area contributed by atoms with Crippen LogP contribution in [0.4, 0.5) is 5.82 Å². The van der Waals surface area contributed by atoms with E-state index in [-0.39, 0.29) is 0 Å². The van der Waals surface area contributed by atoms with Gasteiger partial charge in [-0.15, -0.1) is 0 Å². The van der Waals surface area contributed by atoms with Gasteiger partial charge in [0.1, 0.15) is 11.6 Å². The quantitative estimate of drug-likeness (QED) is 0.849. The van der Waals surface area contributed by atoms with Crippen LogP contribution in [0.15, 0.2) is 6.07 Å². The highest BCUT2D eigenvalue weighted by atomic mass is 16.5. The summed E-state index contributed by atoms with van der Waals surface area (Å²) in [5.74, 6) is 1.91. The summed E-state index contributed by atoms with van der Waals surface area (Å²) < 4.78 is 5.41. The van der Waals surface area contributed by atoms with Crippen LogP contribution < -0.4 is 5.32 Å². The number of aromatic nitrogens is 2. The van der Waals surface area contributed by atoms with Crippen molar-refractivity contribution >= 4 is 5.82 Å². The van der Waals surface area contributed by atoms with E-state index in [9.17, 15) is 0 Å². The average Bonchev–Trinajstić information content (AvgIpc) is 3.00. The second kappa shape index (κ2) is 8.04. The average molecular weight is 319 g/mol. The normalized spacial score (nSPS) is 23.3. The highest BCUT2D eigenvalue weighted by molar-refractivity contribution is 5.37. The van der Waals surface area contributed by atoms with Gasteiger partial charge in [-0.2, -0.15) is 0 Å². The lowest BCUT2D eigenvalue weighted by atomic mass is 10.2. The zero-order valence-electron chi connectivity index (χ0n) is 14.4. The van der Waals surface area contributed by atoms with Crippen LogP contribution in [0.5, 0.6) is 0 Å². The molecule has 0 saturated carbocycles. The minimum atomic E-state index is 0.499. The molecule has 0 radical (unpaired) electrons. The SMILES string of the molecule is CCc1nc(C)cc(NC2CCN(CCN3CCOCC3)C2)n1. The van der Waals surface area contributed by atoms with E-state index in [1.54, 1.807) is 0 Å². The number of ether oxygens (including phenoxy) is 1. The number of morpholine rings is 1. The summed E-state index contributed by atoms with van der Waals surface area (Å²) in [5.41, 5.74) is 1.04. The van der Waals surface area contributed by atoms with Crippen LogP contribution in [0.1, 0.15) is 24.9 Å². The van der Waals surface area contributed by atoms with Crippen molar-refractivity contribution in [2.45, 2.75) is 32.7 Å². The van der Waals surface area contributed by atoms with Gasteiger partial charge in [-0.05, 0) is 13.3 Å². The number of nitrogens with one attached hydrogen (secondary N) is 1. The maximum Gasteiger partial charge on any atom is 0.130 e. The first-order valence-electron chi connectivity index (χ1n) is 8.86. The zero-order valence-corrected chi connectivity index (χ0v) is 14.4. The van der Waals surface area contributed by atoms with Crippen molar-refractivity contribution in [1.82, 2.24) is 19.8 Å². The molecule has 2 fully saturated rings. The van der Waals surface area contributed by atoms with E-state index in [1.165, 1.54) is 13.0 Å². The minimum absolute atomic E-state index is 0.499. The van der Waals surface area contributed by atoms with Crippen molar-refractivity contribution in [2.75, 3.05) is 57.8 Å². The molecule has 1 aromatic rings. The predicted molar refractivity (Wildman–Crippen MR) is 91.9 cm³/mol. The summed E-state index contributed by atoms with van der Waals surface area (Å²) in [6.07, 6.45) is 2.07. The molecular weight excluding hydrogens is 290 g/mol. The Morgan fingerprint density at radius 3 is 2.74 bits per heavy atom. The maximum atomic E-state index is 5.41. The van der Waals surface area contributed by atoms with E-state index >= 15 is 0 Å². The van der Waals surface area contributed by atoms with Gasteiger partial charge in [0.25, 0.3) is 0 Å². The van der Waals surface area contributed by atoms with Crippen LogP contribution in [0.25, 0.3) is 0 Å². The van der Waals surface area contributed by atoms with Crippen LogP contribution in [-0.2, 0) is 11.2 Å². The summed E-state index contributed by atoms with van der Waals surface area (Å²) in [4.78, 5) is 14.1. The van der Waals surface area contributed by atoms with E-state index in [0.29, 0.717) is 6.04 Å². The van der Waals surface area contributed by atoms with Crippen molar-refractivity contribution in [3.8, 4) is 0 Å². The summed E-state index contributed by atoms with van der Waals surface area (Å²) >= 11 is 0. The fourth-order valence-corrected chi connectivity index (χ4v) is 3.33. The Labute approximate surface area is 139 Å². The van der Waals surface area contributed by atoms with Gasteiger partial charge in [-0.1, -0.05) is 6.92 Å². The molecular formula is C17H29N5O. The molecule has 2 aliphatic rings. The topological polar surface area (TPSA) is 53.5 Å². The molecule has 0 spiro atoms. The molecule has 2 saturated heterocycles. The molecule has 6 nitrogen and oxygen atoms in total. The molecule has 1 N–H and O–H groups in total. The largest absolute Gasteiger partial charge is 0.379 e. The molecule has 0 aliphatic carbocycles. The number of hydrogen-bond donors (Lipinski definition) is 1. The van der Waals surface area contributed by atoms with E-state index in [0.717, 1.165) is 69.7 Å². The summed E-state index contributed by atoms with van der Waals surface area (Å²) in [7, 11) is 0. The Hall–Kier alpha value is -1.24. The fraction of sp³-hybridized carbons (Fsp3) is 0.765.